The summed E-state index contributed by atoms with van der Waals surface area (Å²) >= 11 is 4.76. The van der Waals surface area contributed by atoms with Gasteiger partial charge in [0, 0.05) is 11.0 Å². The van der Waals surface area contributed by atoms with Gasteiger partial charge in [-0.1, -0.05) is 0 Å². The SMILES string of the molecule is COc1ccc(OC(=O)C=Cc2ccc(Br)s2)c([N+](=O)[O-])c1. The van der Waals surface area contributed by atoms with E-state index < -0.39 is 10.9 Å². The molecular formula is C14H10BrNO5S. The Labute approximate surface area is 138 Å². The molecule has 2 rings (SSSR count). The molecule has 0 aliphatic heterocycles. The summed E-state index contributed by atoms with van der Waals surface area (Å²) in [6.07, 6.45) is 2.79. The van der Waals surface area contributed by atoms with Crippen LogP contribution < -0.4 is 9.47 Å². The average molecular weight is 384 g/mol. The van der Waals surface area contributed by atoms with Gasteiger partial charge < -0.3 is 9.47 Å². The summed E-state index contributed by atoms with van der Waals surface area (Å²) in [5.74, 6) is -0.518. The molecule has 0 saturated heterocycles. The molecule has 0 radical (unpaired) electrons. The summed E-state index contributed by atoms with van der Waals surface area (Å²) in [7, 11) is 1.40. The number of ether oxygens (including phenoxy) is 2. The largest absolute Gasteiger partial charge is 0.496 e. The molecule has 1 aromatic heterocycles. The molecule has 2 aromatic rings. The Balaban J connectivity index is 2.14. The monoisotopic (exact) mass is 383 g/mol. The predicted molar refractivity (Wildman–Crippen MR) is 86.3 cm³/mol. The number of methoxy groups -OCH3 is 1. The van der Waals surface area contributed by atoms with E-state index in [-0.39, 0.29) is 11.4 Å². The topological polar surface area (TPSA) is 78.7 Å². The van der Waals surface area contributed by atoms with E-state index in [1.54, 1.807) is 6.08 Å². The molecule has 0 bridgehead atoms. The first kappa shape index (κ1) is 16.2. The number of nitro groups is 1. The molecule has 8 heteroatoms. The minimum absolute atomic E-state index is 0.132. The fourth-order valence-electron chi connectivity index (χ4n) is 1.56. The van der Waals surface area contributed by atoms with E-state index in [0.717, 1.165) is 8.66 Å². The molecule has 6 nitrogen and oxygen atoms in total. The summed E-state index contributed by atoms with van der Waals surface area (Å²) in [5, 5.41) is 11.0. The number of rotatable bonds is 5. The second kappa shape index (κ2) is 7.19. The van der Waals surface area contributed by atoms with Gasteiger partial charge in [0.1, 0.15) is 5.75 Å². The van der Waals surface area contributed by atoms with Crippen LogP contribution in [0.5, 0.6) is 11.5 Å². The van der Waals surface area contributed by atoms with Crippen LogP contribution in [0.25, 0.3) is 6.08 Å². The number of halogens is 1. The average Bonchev–Trinajstić information content (AvgIpc) is 2.91. The zero-order valence-electron chi connectivity index (χ0n) is 11.3. The molecule has 0 spiro atoms. The van der Waals surface area contributed by atoms with E-state index in [9.17, 15) is 14.9 Å². The van der Waals surface area contributed by atoms with Crippen LogP contribution in [0.1, 0.15) is 4.88 Å². The molecule has 22 heavy (non-hydrogen) atoms. The van der Waals surface area contributed by atoms with Crippen molar-refractivity contribution in [2.24, 2.45) is 0 Å². The Hall–Kier alpha value is -2.19. The van der Waals surface area contributed by atoms with Crippen LogP contribution in [0, 0.1) is 10.1 Å². The summed E-state index contributed by atoms with van der Waals surface area (Å²) in [5.41, 5.74) is -0.333. The van der Waals surface area contributed by atoms with Gasteiger partial charge in [0.25, 0.3) is 0 Å². The van der Waals surface area contributed by atoms with E-state index in [2.05, 4.69) is 15.9 Å². The van der Waals surface area contributed by atoms with Crippen LogP contribution in [0.15, 0.2) is 40.2 Å². The lowest BCUT2D eigenvalue weighted by atomic mass is 10.3. The lowest BCUT2D eigenvalue weighted by molar-refractivity contribution is -0.385. The highest BCUT2D eigenvalue weighted by Crippen LogP contribution is 2.31. The highest BCUT2D eigenvalue weighted by Gasteiger charge is 2.18. The summed E-state index contributed by atoms with van der Waals surface area (Å²) in [6, 6.07) is 7.68. The smallest absolute Gasteiger partial charge is 0.336 e. The van der Waals surface area contributed by atoms with Gasteiger partial charge >= 0.3 is 11.7 Å². The maximum absolute atomic E-state index is 11.8. The molecule has 1 heterocycles. The van der Waals surface area contributed by atoms with Crippen LogP contribution in [0.3, 0.4) is 0 Å². The number of nitrogens with zero attached hydrogens (tertiary/aromatic N) is 1. The first-order chi connectivity index (χ1) is 10.5. The van der Waals surface area contributed by atoms with E-state index in [1.807, 2.05) is 12.1 Å². The van der Waals surface area contributed by atoms with Gasteiger partial charge in [-0.3, -0.25) is 10.1 Å². The van der Waals surface area contributed by atoms with Gasteiger partial charge in [-0.25, -0.2) is 4.79 Å². The van der Waals surface area contributed by atoms with Crippen LogP contribution in [-0.4, -0.2) is 18.0 Å². The third-order valence-electron chi connectivity index (χ3n) is 2.55. The fourth-order valence-corrected chi connectivity index (χ4v) is 2.89. The summed E-state index contributed by atoms with van der Waals surface area (Å²) in [6.45, 7) is 0. The minimum atomic E-state index is -0.696. The molecular weight excluding hydrogens is 374 g/mol. The van der Waals surface area contributed by atoms with Crippen molar-refractivity contribution in [3.05, 3.63) is 55.2 Å². The Bertz CT molecular complexity index is 741. The van der Waals surface area contributed by atoms with E-state index in [4.69, 9.17) is 9.47 Å². The van der Waals surface area contributed by atoms with Crippen molar-refractivity contribution in [3.63, 3.8) is 0 Å². The number of carbonyl (C=O) groups is 1. The zero-order chi connectivity index (χ0) is 16.1. The van der Waals surface area contributed by atoms with Crippen molar-refractivity contribution in [1.82, 2.24) is 0 Å². The van der Waals surface area contributed by atoms with Crippen molar-refractivity contribution in [2.45, 2.75) is 0 Å². The van der Waals surface area contributed by atoms with Crippen LogP contribution in [-0.2, 0) is 4.79 Å². The number of thiophene rings is 1. The normalized spacial score (nSPS) is 10.6. The van der Waals surface area contributed by atoms with Gasteiger partial charge in [0.2, 0.25) is 5.75 Å². The third kappa shape index (κ3) is 4.15. The quantitative estimate of drug-likeness (QED) is 0.256. The second-order valence-corrected chi connectivity index (χ2v) is 6.48. The fraction of sp³-hybridized carbons (Fsp3) is 0.0714. The first-order valence-electron chi connectivity index (χ1n) is 5.97. The maximum Gasteiger partial charge on any atom is 0.336 e. The Morgan fingerprint density at radius 2 is 2.14 bits per heavy atom. The van der Waals surface area contributed by atoms with Gasteiger partial charge in [-0.05, 0) is 46.3 Å². The standard InChI is InChI=1S/C14H10BrNO5S/c1-20-9-2-5-12(11(8-9)16(18)19)21-14(17)7-4-10-3-6-13(15)22-10/h2-8H,1H3. The summed E-state index contributed by atoms with van der Waals surface area (Å²) in [4.78, 5) is 23.0. The minimum Gasteiger partial charge on any atom is -0.496 e. The van der Waals surface area contributed by atoms with Gasteiger partial charge in [-0.2, -0.15) is 0 Å². The number of esters is 1. The lowest BCUT2D eigenvalue weighted by Gasteiger charge is -2.04. The third-order valence-corrected chi connectivity index (χ3v) is 4.14. The molecule has 0 aliphatic carbocycles. The molecule has 0 amide bonds. The molecule has 0 aliphatic rings. The molecule has 0 N–H and O–H groups in total. The van der Waals surface area contributed by atoms with Crippen molar-refractivity contribution >= 4 is 45.0 Å². The van der Waals surface area contributed by atoms with E-state index in [0.29, 0.717) is 5.75 Å². The van der Waals surface area contributed by atoms with E-state index >= 15 is 0 Å². The number of nitro benzene ring substituents is 1. The van der Waals surface area contributed by atoms with Crippen molar-refractivity contribution in [2.75, 3.05) is 7.11 Å². The van der Waals surface area contributed by atoms with Crippen LogP contribution >= 0.6 is 27.3 Å². The number of carbonyl (C=O) groups excluding carboxylic acids is 1. The zero-order valence-corrected chi connectivity index (χ0v) is 13.7. The Morgan fingerprint density at radius 3 is 2.73 bits per heavy atom. The number of benzene rings is 1. The van der Waals surface area contributed by atoms with Gasteiger partial charge in [0.15, 0.2) is 0 Å². The molecule has 1 aromatic carbocycles. The first-order valence-corrected chi connectivity index (χ1v) is 7.58. The lowest BCUT2D eigenvalue weighted by Crippen LogP contribution is -2.05. The second-order valence-electron chi connectivity index (χ2n) is 3.99. The number of hydrogen-bond acceptors (Lipinski definition) is 6. The van der Waals surface area contributed by atoms with Crippen molar-refractivity contribution < 1.29 is 19.2 Å². The molecule has 0 atom stereocenters. The summed E-state index contributed by atoms with van der Waals surface area (Å²) < 4.78 is 10.9. The van der Waals surface area contributed by atoms with Crippen LogP contribution in [0.4, 0.5) is 5.69 Å². The molecule has 0 unspecified atom stereocenters. The number of hydrogen-bond donors (Lipinski definition) is 0. The van der Waals surface area contributed by atoms with Gasteiger partial charge in [-0.15, -0.1) is 11.3 Å². The maximum atomic E-state index is 11.8. The van der Waals surface area contributed by atoms with Crippen LogP contribution in [0.2, 0.25) is 0 Å². The van der Waals surface area contributed by atoms with Crippen molar-refractivity contribution in [3.8, 4) is 11.5 Å². The molecule has 0 fully saturated rings. The predicted octanol–water partition coefficient (Wildman–Crippen LogP) is 4.05. The highest BCUT2D eigenvalue weighted by atomic mass is 79.9. The Kier molecular flexibility index (Phi) is 5.29. The van der Waals surface area contributed by atoms with Crippen molar-refractivity contribution in [1.29, 1.82) is 0 Å². The molecule has 0 saturated carbocycles. The molecule has 114 valence electrons. The Morgan fingerprint density at radius 1 is 1.36 bits per heavy atom. The van der Waals surface area contributed by atoms with Gasteiger partial charge in [0.05, 0.1) is 21.9 Å². The van der Waals surface area contributed by atoms with E-state index in [1.165, 1.54) is 42.7 Å². The highest BCUT2D eigenvalue weighted by molar-refractivity contribution is 9.11.